The van der Waals surface area contributed by atoms with E-state index in [2.05, 4.69) is 17.6 Å². The SMILES string of the molecule is NNC(CCCc1ccccc1)C1CCS(=O)(=O)C1. The maximum Gasteiger partial charge on any atom is 0.150 e. The lowest BCUT2D eigenvalue weighted by molar-refractivity contribution is 0.359. The molecular formula is C14H22N2O2S. The molecule has 3 N–H and O–H groups in total. The molecule has 0 aromatic heterocycles. The lowest BCUT2D eigenvalue weighted by Crippen LogP contribution is -2.41. The molecule has 1 fully saturated rings. The standard InChI is InChI=1S/C14H22N2O2S/c15-16-14(13-9-10-19(17,18)11-13)8-4-7-12-5-2-1-3-6-12/h1-3,5-6,13-14,16H,4,7-11,15H2. The van der Waals surface area contributed by atoms with Gasteiger partial charge in [-0.1, -0.05) is 30.3 Å². The van der Waals surface area contributed by atoms with Crippen LogP contribution in [0.4, 0.5) is 0 Å². The largest absolute Gasteiger partial charge is 0.271 e. The minimum atomic E-state index is -2.82. The number of hydrazine groups is 1. The normalized spacial score (nSPS) is 23.3. The average Bonchev–Trinajstić information content (AvgIpc) is 2.76. The van der Waals surface area contributed by atoms with Crippen molar-refractivity contribution >= 4 is 9.84 Å². The molecule has 0 aliphatic carbocycles. The Morgan fingerprint density at radius 3 is 2.63 bits per heavy atom. The number of hydrogen-bond acceptors (Lipinski definition) is 4. The molecule has 2 atom stereocenters. The second kappa shape index (κ2) is 6.50. The molecule has 106 valence electrons. The van der Waals surface area contributed by atoms with E-state index in [0.717, 1.165) is 25.7 Å². The van der Waals surface area contributed by atoms with Crippen molar-refractivity contribution in [1.29, 1.82) is 0 Å². The Bertz CT molecular complexity index is 487. The van der Waals surface area contributed by atoms with Crippen molar-refractivity contribution in [2.75, 3.05) is 11.5 Å². The first-order chi connectivity index (χ1) is 9.11. The highest BCUT2D eigenvalue weighted by atomic mass is 32.2. The van der Waals surface area contributed by atoms with Crippen LogP contribution in [0.25, 0.3) is 0 Å². The van der Waals surface area contributed by atoms with E-state index in [0.29, 0.717) is 5.75 Å². The van der Waals surface area contributed by atoms with E-state index in [4.69, 9.17) is 5.84 Å². The Hall–Kier alpha value is -0.910. The summed E-state index contributed by atoms with van der Waals surface area (Å²) < 4.78 is 23.0. The van der Waals surface area contributed by atoms with Crippen LogP contribution < -0.4 is 11.3 Å². The number of nitrogens with one attached hydrogen (secondary N) is 1. The molecule has 4 nitrogen and oxygen atoms in total. The predicted molar refractivity (Wildman–Crippen MR) is 77.3 cm³/mol. The topological polar surface area (TPSA) is 72.2 Å². The molecule has 0 spiro atoms. The molecule has 1 aromatic carbocycles. The Labute approximate surface area is 115 Å². The lowest BCUT2D eigenvalue weighted by Gasteiger charge is -2.21. The fourth-order valence-electron chi connectivity index (χ4n) is 2.77. The molecule has 1 aromatic rings. The van der Waals surface area contributed by atoms with Gasteiger partial charge < -0.3 is 0 Å². The van der Waals surface area contributed by atoms with Crippen LogP contribution >= 0.6 is 0 Å². The summed E-state index contributed by atoms with van der Waals surface area (Å²) in [5, 5.41) is 0. The third kappa shape index (κ3) is 4.30. The van der Waals surface area contributed by atoms with E-state index in [-0.39, 0.29) is 17.7 Å². The van der Waals surface area contributed by atoms with E-state index < -0.39 is 9.84 Å². The van der Waals surface area contributed by atoms with Gasteiger partial charge in [-0.2, -0.15) is 0 Å². The van der Waals surface area contributed by atoms with Crippen LogP contribution in [-0.2, 0) is 16.3 Å². The Balaban J connectivity index is 1.80. The van der Waals surface area contributed by atoms with Crippen molar-refractivity contribution in [3.8, 4) is 0 Å². The van der Waals surface area contributed by atoms with Gasteiger partial charge in [0.05, 0.1) is 11.5 Å². The number of nitrogens with two attached hydrogens (primary N) is 1. The van der Waals surface area contributed by atoms with Gasteiger partial charge in [0.15, 0.2) is 9.84 Å². The number of benzene rings is 1. The number of aryl methyl sites for hydroxylation is 1. The minimum Gasteiger partial charge on any atom is -0.271 e. The van der Waals surface area contributed by atoms with Gasteiger partial charge in [-0.05, 0) is 37.2 Å². The van der Waals surface area contributed by atoms with Gasteiger partial charge in [0, 0.05) is 6.04 Å². The summed E-state index contributed by atoms with van der Waals surface area (Å²) >= 11 is 0. The zero-order valence-electron chi connectivity index (χ0n) is 11.1. The molecule has 2 rings (SSSR count). The summed E-state index contributed by atoms with van der Waals surface area (Å²) in [6, 6.07) is 10.4. The summed E-state index contributed by atoms with van der Waals surface area (Å²) in [5.41, 5.74) is 4.12. The van der Waals surface area contributed by atoms with E-state index in [1.54, 1.807) is 0 Å². The van der Waals surface area contributed by atoms with Gasteiger partial charge in [-0.3, -0.25) is 11.3 Å². The summed E-state index contributed by atoms with van der Waals surface area (Å²) in [6.07, 6.45) is 3.70. The molecule has 19 heavy (non-hydrogen) atoms. The van der Waals surface area contributed by atoms with Gasteiger partial charge in [0.1, 0.15) is 0 Å². The van der Waals surface area contributed by atoms with Crippen LogP contribution in [0, 0.1) is 5.92 Å². The number of hydrogen-bond donors (Lipinski definition) is 2. The van der Waals surface area contributed by atoms with Gasteiger partial charge in [0.25, 0.3) is 0 Å². The van der Waals surface area contributed by atoms with Crippen LogP contribution in [0.3, 0.4) is 0 Å². The zero-order chi connectivity index (χ0) is 13.7. The molecule has 0 radical (unpaired) electrons. The maximum absolute atomic E-state index is 11.5. The van der Waals surface area contributed by atoms with Crippen molar-refractivity contribution in [3.05, 3.63) is 35.9 Å². The fraction of sp³-hybridized carbons (Fsp3) is 0.571. The second-order valence-electron chi connectivity index (χ2n) is 5.31. The van der Waals surface area contributed by atoms with E-state index in [9.17, 15) is 8.42 Å². The van der Waals surface area contributed by atoms with Crippen molar-refractivity contribution in [2.24, 2.45) is 11.8 Å². The molecule has 0 bridgehead atoms. The first-order valence-electron chi connectivity index (χ1n) is 6.81. The molecule has 1 heterocycles. The number of rotatable bonds is 6. The molecule has 5 heteroatoms. The Morgan fingerprint density at radius 2 is 2.05 bits per heavy atom. The second-order valence-corrected chi connectivity index (χ2v) is 7.54. The summed E-state index contributed by atoms with van der Waals surface area (Å²) in [5.74, 6) is 6.35. The maximum atomic E-state index is 11.5. The fourth-order valence-corrected chi connectivity index (χ4v) is 4.65. The monoisotopic (exact) mass is 282 g/mol. The van der Waals surface area contributed by atoms with E-state index >= 15 is 0 Å². The highest BCUT2D eigenvalue weighted by Gasteiger charge is 2.32. The van der Waals surface area contributed by atoms with Crippen LogP contribution in [0.1, 0.15) is 24.8 Å². The third-order valence-corrected chi connectivity index (χ3v) is 5.67. The van der Waals surface area contributed by atoms with Gasteiger partial charge >= 0.3 is 0 Å². The zero-order valence-corrected chi connectivity index (χ0v) is 11.9. The molecule has 2 unspecified atom stereocenters. The average molecular weight is 282 g/mol. The first-order valence-corrected chi connectivity index (χ1v) is 8.63. The van der Waals surface area contributed by atoms with E-state index in [1.165, 1.54) is 5.56 Å². The van der Waals surface area contributed by atoms with E-state index in [1.807, 2.05) is 18.2 Å². The highest BCUT2D eigenvalue weighted by Crippen LogP contribution is 2.24. The molecule has 1 aliphatic rings. The molecule has 1 saturated heterocycles. The van der Waals surface area contributed by atoms with Gasteiger partial charge in [-0.15, -0.1) is 0 Å². The highest BCUT2D eigenvalue weighted by molar-refractivity contribution is 7.91. The summed E-state index contributed by atoms with van der Waals surface area (Å²) in [7, 11) is -2.82. The predicted octanol–water partition coefficient (Wildman–Crippen LogP) is 1.28. The van der Waals surface area contributed by atoms with Crippen LogP contribution in [-0.4, -0.2) is 26.0 Å². The smallest absolute Gasteiger partial charge is 0.150 e. The van der Waals surface area contributed by atoms with Crippen LogP contribution in [0.2, 0.25) is 0 Å². The Kier molecular flexibility index (Phi) is 4.96. The molecular weight excluding hydrogens is 260 g/mol. The quantitative estimate of drug-likeness (QED) is 0.609. The van der Waals surface area contributed by atoms with Crippen molar-refractivity contribution in [2.45, 2.75) is 31.7 Å². The lowest BCUT2D eigenvalue weighted by atomic mass is 9.94. The van der Waals surface area contributed by atoms with Crippen LogP contribution in [0.15, 0.2) is 30.3 Å². The van der Waals surface area contributed by atoms with Crippen LogP contribution in [0.5, 0.6) is 0 Å². The van der Waals surface area contributed by atoms with Gasteiger partial charge in [-0.25, -0.2) is 8.42 Å². The third-order valence-electron chi connectivity index (χ3n) is 3.87. The molecule has 1 aliphatic heterocycles. The minimum absolute atomic E-state index is 0.112. The first kappa shape index (κ1) is 14.5. The summed E-state index contributed by atoms with van der Waals surface area (Å²) in [6.45, 7) is 0. The Morgan fingerprint density at radius 1 is 1.32 bits per heavy atom. The molecule has 0 amide bonds. The van der Waals surface area contributed by atoms with Crippen molar-refractivity contribution < 1.29 is 8.42 Å². The number of sulfone groups is 1. The summed E-state index contributed by atoms with van der Waals surface area (Å²) in [4.78, 5) is 0. The van der Waals surface area contributed by atoms with Crippen molar-refractivity contribution in [1.82, 2.24) is 5.43 Å². The van der Waals surface area contributed by atoms with Crippen molar-refractivity contribution in [3.63, 3.8) is 0 Å². The molecule has 0 saturated carbocycles. The van der Waals surface area contributed by atoms with Gasteiger partial charge in [0.2, 0.25) is 0 Å².